The molecule has 0 amide bonds. The molecule has 0 fully saturated rings. The number of hydrogen-bond acceptors (Lipinski definition) is 3. The maximum absolute atomic E-state index is 8.67. The summed E-state index contributed by atoms with van der Waals surface area (Å²) in [5.41, 5.74) is 0. The van der Waals surface area contributed by atoms with Crippen LogP contribution in [0, 0.1) is 4.77 Å². The number of rotatable bonds is 0. The van der Waals surface area contributed by atoms with Crippen LogP contribution in [0.2, 0.25) is 0 Å². The van der Waals surface area contributed by atoms with E-state index in [1.807, 2.05) is 0 Å². The number of nitrogens with zero attached hydrogens (tertiary/aromatic N) is 2. The van der Waals surface area contributed by atoms with Gasteiger partial charge in [-0.15, -0.1) is 0 Å². The maximum atomic E-state index is 8.67. The van der Waals surface area contributed by atoms with Crippen LogP contribution in [0.1, 0.15) is 0 Å². The molecule has 0 aliphatic carbocycles. The molecule has 0 bridgehead atoms. The van der Waals surface area contributed by atoms with Crippen LogP contribution in [0.25, 0.3) is 0 Å². The summed E-state index contributed by atoms with van der Waals surface area (Å²) in [5, 5.41) is 8.67. The van der Waals surface area contributed by atoms with Crippen LogP contribution in [-0.2, 0) is 19.5 Å². The third-order valence-corrected chi connectivity index (χ3v) is 0.987. The first kappa shape index (κ1) is 8.72. The van der Waals surface area contributed by atoms with Gasteiger partial charge in [0.2, 0.25) is 4.77 Å². The third-order valence-electron chi connectivity index (χ3n) is 0.694. The van der Waals surface area contributed by atoms with Gasteiger partial charge in [-0.05, 0) is 18.3 Å². The monoisotopic (exact) mass is 192 g/mol. The van der Waals surface area contributed by atoms with E-state index in [2.05, 4.69) is 17.2 Å². The molecule has 0 radical (unpaired) electrons. The van der Waals surface area contributed by atoms with Gasteiger partial charge in [0.15, 0.2) is 0 Å². The van der Waals surface area contributed by atoms with Crippen LogP contribution in [-0.4, -0.2) is 14.9 Å². The van der Waals surface area contributed by atoms with E-state index in [1.165, 1.54) is 12.4 Å². The molecule has 0 aliphatic rings. The van der Waals surface area contributed by atoms with E-state index in [-0.39, 0.29) is 24.2 Å². The Bertz CT molecular complexity index is 236. The fourth-order valence-corrected chi connectivity index (χ4v) is 0.471. The van der Waals surface area contributed by atoms with E-state index in [0.717, 1.165) is 4.73 Å². The van der Waals surface area contributed by atoms with Crippen molar-refractivity contribution >= 4 is 12.2 Å². The zero-order valence-corrected chi connectivity index (χ0v) is 8.47. The van der Waals surface area contributed by atoms with Crippen LogP contribution in [0.3, 0.4) is 0 Å². The Balaban J connectivity index is 0.000000640. The Morgan fingerprint density at radius 1 is 1.67 bits per heavy atom. The summed E-state index contributed by atoms with van der Waals surface area (Å²) in [4.78, 5) is 3.61. The summed E-state index contributed by atoms with van der Waals surface area (Å²) in [6, 6.07) is 1.59. The average Bonchev–Trinajstić information content (AvgIpc) is 1.77. The van der Waals surface area contributed by atoms with E-state index < -0.39 is 0 Å². The van der Waals surface area contributed by atoms with Crippen molar-refractivity contribution in [2.24, 2.45) is 0 Å². The molecular formula is C4H4N2OSZn. The SMILES string of the molecule is On1cccnc1=S.[Zn]. The van der Waals surface area contributed by atoms with Crippen molar-refractivity contribution in [3.05, 3.63) is 23.2 Å². The second-order valence-corrected chi connectivity index (χ2v) is 1.61. The molecule has 1 aromatic heterocycles. The van der Waals surface area contributed by atoms with E-state index in [9.17, 15) is 0 Å². The summed E-state index contributed by atoms with van der Waals surface area (Å²) in [6.45, 7) is 0. The summed E-state index contributed by atoms with van der Waals surface area (Å²) < 4.78 is 0.961. The molecule has 0 aromatic carbocycles. The predicted molar refractivity (Wildman–Crippen MR) is 30.2 cm³/mol. The maximum Gasteiger partial charge on any atom is 0.233 e. The van der Waals surface area contributed by atoms with Crippen LogP contribution in [0.4, 0.5) is 0 Å². The van der Waals surface area contributed by atoms with Crippen LogP contribution >= 0.6 is 12.2 Å². The molecule has 3 nitrogen and oxygen atoms in total. The molecule has 9 heavy (non-hydrogen) atoms. The van der Waals surface area contributed by atoms with Gasteiger partial charge in [-0.3, -0.25) is 0 Å². The first-order valence-corrected chi connectivity index (χ1v) is 2.44. The second kappa shape index (κ2) is 3.69. The Hall–Kier alpha value is -0.277. The molecule has 0 saturated carbocycles. The van der Waals surface area contributed by atoms with Crippen molar-refractivity contribution in [2.45, 2.75) is 0 Å². The fraction of sp³-hybridized carbons (Fsp3) is 0. The molecular weight excluding hydrogens is 190 g/mol. The van der Waals surface area contributed by atoms with Gasteiger partial charge in [0, 0.05) is 31.9 Å². The smallest absolute Gasteiger partial charge is 0.233 e. The number of hydrogen-bond donors (Lipinski definition) is 1. The van der Waals surface area contributed by atoms with Crippen molar-refractivity contribution in [3.8, 4) is 0 Å². The quantitative estimate of drug-likeness (QED) is 0.377. The summed E-state index contributed by atoms with van der Waals surface area (Å²) in [5.74, 6) is 0. The zero-order valence-electron chi connectivity index (χ0n) is 4.69. The van der Waals surface area contributed by atoms with Crippen LogP contribution in [0.5, 0.6) is 0 Å². The first-order valence-electron chi connectivity index (χ1n) is 2.03. The molecule has 5 heteroatoms. The Kier molecular flexibility index (Phi) is 3.58. The van der Waals surface area contributed by atoms with Gasteiger partial charge >= 0.3 is 0 Å². The van der Waals surface area contributed by atoms with Crippen molar-refractivity contribution in [1.29, 1.82) is 0 Å². The fourth-order valence-electron chi connectivity index (χ4n) is 0.350. The Morgan fingerprint density at radius 2 is 2.33 bits per heavy atom. The molecule has 0 spiro atoms. The molecule has 1 rings (SSSR count). The molecule has 1 heterocycles. The van der Waals surface area contributed by atoms with Gasteiger partial charge < -0.3 is 5.21 Å². The summed E-state index contributed by atoms with van der Waals surface area (Å²) >= 11 is 4.56. The van der Waals surface area contributed by atoms with Gasteiger partial charge in [-0.2, -0.15) is 4.73 Å². The molecule has 1 aromatic rings. The molecule has 1 N–H and O–H groups in total. The molecule has 0 atom stereocenters. The summed E-state index contributed by atoms with van der Waals surface area (Å²) in [6.07, 6.45) is 2.95. The second-order valence-electron chi connectivity index (χ2n) is 1.25. The molecule has 0 unspecified atom stereocenters. The van der Waals surface area contributed by atoms with Crippen molar-refractivity contribution in [2.75, 3.05) is 0 Å². The minimum absolute atomic E-state index is 0. The van der Waals surface area contributed by atoms with Gasteiger partial charge in [-0.25, -0.2) is 4.98 Å². The average molecular weight is 194 g/mol. The molecule has 44 valence electrons. The Morgan fingerprint density at radius 3 is 2.67 bits per heavy atom. The zero-order chi connectivity index (χ0) is 5.98. The largest absolute Gasteiger partial charge is 0.426 e. The van der Waals surface area contributed by atoms with E-state index >= 15 is 0 Å². The van der Waals surface area contributed by atoms with Gasteiger partial charge in [0.25, 0.3) is 0 Å². The van der Waals surface area contributed by atoms with Crippen LogP contribution in [0.15, 0.2) is 18.5 Å². The van der Waals surface area contributed by atoms with Gasteiger partial charge in [-0.1, -0.05) is 0 Å². The van der Waals surface area contributed by atoms with E-state index in [4.69, 9.17) is 5.21 Å². The first-order chi connectivity index (χ1) is 3.80. The predicted octanol–water partition coefficient (Wildman–Crippen LogP) is 0.847. The summed E-state index contributed by atoms with van der Waals surface area (Å²) in [7, 11) is 0. The minimum Gasteiger partial charge on any atom is -0.426 e. The third kappa shape index (κ3) is 2.20. The Labute approximate surface area is 70.1 Å². The van der Waals surface area contributed by atoms with Gasteiger partial charge in [0.1, 0.15) is 0 Å². The molecule has 0 aliphatic heterocycles. The minimum atomic E-state index is 0. The van der Waals surface area contributed by atoms with Crippen molar-refractivity contribution in [3.63, 3.8) is 0 Å². The van der Waals surface area contributed by atoms with Crippen molar-refractivity contribution < 1.29 is 24.7 Å². The number of aromatic nitrogens is 2. The van der Waals surface area contributed by atoms with E-state index in [1.54, 1.807) is 6.07 Å². The van der Waals surface area contributed by atoms with Crippen LogP contribution < -0.4 is 0 Å². The molecule has 0 saturated heterocycles. The topological polar surface area (TPSA) is 38.0 Å². The van der Waals surface area contributed by atoms with E-state index in [0.29, 0.717) is 0 Å². The van der Waals surface area contributed by atoms with Crippen molar-refractivity contribution in [1.82, 2.24) is 9.71 Å². The van der Waals surface area contributed by atoms with Gasteiger partial charge in [0.05, 0.1) is 0 Å². The normalized spacial score (nSPS) is 8.00. The standard InChI is InChI=1S/C4H4N2OS.Zn/c7-6-3-1-2-5-4(6)8;/h1-3,7H;.